The number of ether oxygens (including phenoxy) is 1. The monoisotopic (exact) mass is 257 g/mol. The molecule has 0 aliphatic carbocycles. The van der Waals surface area contributed by atoms with E-state index in [1.165, 1.54) is 0 Å². The number of carbonyl (C=O) groups is 2. The van der Waals surface area contributed by atoms with E-state index >= 15 is 0 Å². The average molecular weight is 258 g/mol. The maximum Gasteiger partial charge on any atom is 0.407 e. The quantitative estimate of drug-likeness (QED) is 0.846. The molecule has 0 aromatic heterocycles. The van der Waals surface area contributed by atoms with Crippen molar-refractivity contribution >= 4 is 23.7 Å². The number of carbonyl (C=O) groups excluding carboxylic acids is 1. The van der Waals surface area contributed by atoms with Gasteiger partial charge in [-0.15, -0.1) is 0 Å². The largest absolute Gasteiger partial charge is 0.481 e. The highest BCUT2D eigenvalue weighted by Crippen LogP contribution is 2.10. The zero-order chi connectivity index (χ0) is 12.7. The molecular formula is C11H12ClNO4. The van der Waals surface area contributed by atoms with Gasteiger partial charge in [-0.2, -0.15) is 0 Å². The minimum atomic E-state index is -0.969. The van der Waals surface area contributed by atoms with E-state index in [0.717, 1.165) is 5.56 Å². The molecule has 0 aliphatic heterocycles. The summed E-state index contributed by atoms with van der Waals surface area (Å²) in [6.45, 7) is 0.171. The topological polar surface area (TPSA) is 75.6 Å². The Morgan fingerprint density at radius 1 is 1.29 bits per heavy atom. The van der Waals surface area contributed by atoms with E-state index in [0.29, 0.717) is 5.02 Å². The summed E-state index contributed by atoms with van der Waals surface area (Å²) in [5.74, 6) is -0.969. The lowest BCUT2D eigenvalue weighted by Gasteiger charge is -2.06. The van der Waals surface area contributed by atoms with Crippen molar-refractivity contribution in [3.63, 3.8) is 0 Å². The number of carboxylic acids is 1. The predicted octanol–water partition coefficient (Wildman–Crippen LogP) is 2.04. The molecule has 0 heterocycles. The van der Waals surface area contributed by atoms with E-state index in [9.17, 15) is 9.59 Å². The molecular weight excluding hydrogens is 246 g/mol. The Kier molecular flexibility index (Phi) is 5.29. The summed E-state index contributed by atoms with van der Waals surface area (Å²) in [4.78, 5) is 21.3. The van der Waals surface area contributed by atoms with Crippen LogP contribution in [-0.4, -0.2) is 23.7 Å². The number of hydrogen-bond donors (Lipinski definition) is 2. The van der Waals surface area contributed by atoms with Gasteiger partial charge in [0.1, 0.15) is 6.61 Å². The van der Waals surface area contributed by atoms with Gasteiger partial charge in [0, 0.05) is 11.6 Å². The standard InChI is InChI=1S/C11H12ClNO4/c12-9-3-1-8(2-4-9)7-17-11(16)13-6-5-10(14)15/h1-4H,5-7H2,(H,13,16)(H,14,15). The van der Waals surface area contributed by atoms with Gasteiger partial charge in [-0.1, -0.05) is 23.7 Å². The van der Waals surface area contributed by atoms with Gasteiger partial charge in [0.25, 0.3) is 0 Å². The maximum absolute atomic E-state index is 11.1. The fraction of sp³-hybridized carbons (Fsp3) is 0.273. The first-order valence-electron chi connectivity index (χ1n) is 4.95. The molecule has 92 valence electrons. The number of benzene rings is 1. The summed E-state index contributed by atoms with van der Waals surface area (Å²) in [5, 5.41) is 11.3. The number of hydrogen-bond acceptors (Lipinski definition) is 3. The van der Waals surface area contributed by atoms with E-state index in [-0.39, 0.29) is 19.6 Å². The van der Waals surface area contributed by atoms with Crippen molar-refractivity contribution in [2.75, 3.05) is 6.54 Å². The van der Waals surface area contributed by atoms with Crippen LogP contribution in [0.5, 0.6) is 0 Å². The fourth-order valence-electron chi connectivity index (χ4n) is 1.05. The third-order valence-corrected chi connectivity index (χ3v) is 2.14. The smallest absolute Gasteiger partial charge is 0.407 e. The molecule has 0 spiro atoms. The number of amides is 1. The molecule has 1 rings (SSSR count). The summed E-state index contributed by atoms with van der Waals surface area (Å²) in [6, 6.07) is 6.88. The molecule has 0 atom stereocenters. The SMILES string of the molecule is O=C(O)CCNC(=O)OCc1ccc(Cl)cc1. The fourth-order valence-corrected chi connectivity index (χ4v) is 1.18. The molecule has 0 fully saturated rings. The van der Waals surface area contributed by atoms with Crippen LogP contribution < -0.4 is 5.32 Å². The van der Waals surface area contributed by atoms with Crippen molar-refractivity contribution in [3.05, 3.63) is 34.9 Å². The molecule has 17 heavy (non-hydrogen) atoms. The first-order chi connectivity index (χ1) is 8.08. The number of aliphatic carboxylic acids is 1. The average Bonchev–Trinajstić information content (AvgIpc) is 2.28. The summed E-state index contributed by atoms with van der Waals surface area (Å²) < 4.78 is 4.86. The van der Waals surface area contributed by atoms with Crippen LogP contribution in [-0.2, 0) is 16.1 Å². The van der Waals surface area contributed by atoms with Crippen molar-refractivity contribution in [2.45, 2.75) is 13.0 Å². The van der Waals surface area contributed by atoms with Gasteiger partial charge < -0.3 is 15.2 Å². The lowest BCUT2D eigenvalue weighted by molar-refractivity contribution is -0.136. The Balaban J connectivity index is 2.23. The lowest BCUT2D eigenvalue weighted by atomic mass is 10.2. The van der Waals surface area contributed by atoms with Gasteiger partial charge in [-0.3, -0.25) is 4.79 Å². The summed E-state index contributed by atoms with van der Waals surface area (Å²) in [6.07, 6.45) is -0.767. The predicted molar refractivity (Wildman–Crippen MR) is 61.9 cm³/mol. The Morgan fingerprint density at radius 3 is 2.53 bits per heavy atom. The van der Waals surface area contributed by atoms with E-state index in [1.54, 1.807) is 24.3 Å². The van der Waals surface area contributed by atoms with Crippen LogP contribution in [0.2, 0.25) is 5.02 Å². The van der Waals surface area contributed by atoms with Crippen LogP contribution in [0.4, 0.5) is 4.79 Å². The molecule has 0 unspecified atom stereocenters. The highest BCUT2D eigenvalue weighted by molar-refractivity contribution is 6.30. The molecule has 0 aliphatic rings. The molecule has 0 saturated carbocycles. The Labute approximate surface area is 103 Å². The molecule has 2 N–H and O–H groups in total. The van der Waals surface area contributed by atoms with Crippen LogP contribution in [0, 0.1) is 0 Å². The van der Waals surface area contributed by atoms with Crippen LogP contribution in [0.1, 0.15) is 12.0 Å². The van der Waals surface area contributed by atoms with Crippen LogP contribution in [0.25, 0.3) is 0 Å². The molecule has 0 bridgehead atoms. The van der Waals surface area contributed by atoms with E-state index < -0.39 is 12.1 Å². The maximum atomic E-state index is 11.1. The third kappa shape index (κ3) is 5.77. The van der Waals surface area contributed by atoms with E-state index in [4.69, 9.17) is 21.4 Å². The van der Waals surface area contributed by atoms with Crippen LogP contribution in [0.15, 0.2) is 24.3 Å². The lowest BCUT2D eigenvalue weighted by Crippen LogP contribution is -2.26. The molecule has 6 heteroatoms. The minimum Gasteiger partial charge on any atom is -0.481 e. The van der Waals surface area contributed by atoms with Crippen molar-refractivity contribution < 1.29 is 19.4 Å². The minimum absolute atomic E-state index is 0.0504. The molecule has 1 amide bonds. The van der Waals surface area contributed by atoms with Crippen molar-refractivity contribution in [3.8, 4) is 0 Å². The van der Waals surface area contributed by atoms with Gasteiger partial charge in [-0.25, -0.2) is 4.79 Å². The molecule has 1 aromatic carbocycles. The number of halogens is 1. The number of alkyl carbamates (subject to hydrolysis) is 1. The zero-order valence-corrected chi connectivity index (χ0v) is 9.74. The van der Waals surface area contributed by atoms with Crippen LogP contribution in [0.3, 0.4) is 0 Å². The number of nitrogens with one attached hydrogen (secondary N) is 1. The summed E-state index contributed by atoms with van der Waals surface area (Å²) in [5.41, 5.74) is 0.808. The second-order valence-electron chi connectivity index (χ2n) is 3.27. The highest BCUT2D eigenvalue weighted by Gasteiger charge is 2.03. The van der Waals surface area contributed by atoms with Gasteiger partial charge in [0.15, 0.2) is 0 Å². The Bertz CT molecular complexity index is 391. The van der Waals surface area contributed by atoms with Gasteiger partial charge >= 0.3 is 12.1 Å². The molecule has 0 radical (unpaired) electrons. The number of carboxylic acid groups (broad SMARTS) is 1. The Morgan fingerprint density at radius 2 is 1.94 bits per heavy atom. The summed E-state index contributed by atoms with van der Waals surface area (Å²) in [7, 11) is 0. The second-order valence-corrected chi connectivity index (χ2v) is 3.71. The van der Waals surface area contributed by atoms with Gasteiger partial charge in [0.05, 0.1) is 6.42 Å². The normalized spacial score (nSPS) is 9.71. The van der Waals surface area contributed by atoms with E-state index in [1.807, 2.05) is 0 Å². The third-order valence-electron chi connectivity index (χ3n) is 1.89. The van der Waals surface area contributed by atoms with Crippen molar-refractivity contribution in [1.29, 1.82) is 0 Å². The number of rotatable bonds is 5. The van der Waals surface area contributed by atoms with Crippen molar-refractivity contribution in [1.82, 2.24) is 5.32 Å². The Hall–Kier alpha value is -1.75. The zero-order valence-electron chi connectivity index (χ0n) is 8.98. The van der Waals surface area contributed by atoms with Gasteiger partial charge in [-0.05, 0) is 17.7 Å². The van der Waals surface area contributed by atoms with Gasteiger partial charge in [0.2, 0.25) is 0 Å². The van der Waals surface area contributed by atoms with Crippen LogP contribution >= 0.6 is 11.6 Å². The second kappa shape index (κ2) is 6.75. The van der Waals surface area contributed by atoms with Crippen molar-refractivity contribution in [2.24, 2.45) is 0 Å². The van der Waals surface area contributed by atoms with E-state index in [2.05, 4.69) is 5.32 Å². The molecule has 1 aromatic rings. The molecule has 0 saturated heterocycles. The molecule has 5 nitrogen and oxygen atoms in total. The summed E-state index contributed by atoms with van der Waals surface area (Å²) >= 11 is 5.70. The highest BCUT2D eigenvalue weighted by atomic mass is 35.5. The first-order valence-corrected chi connectivity index (χ1v) is 5.32. The first kappa shape index (κ1) is 13.3.